The zero-order valence-electron chi connectivity index (χ0n) is 37.8. The maximum atomic E-state index is 6.41. The minimum Gasteiger partial charge on any atom is -0.490 e. The molecule has 10 nitrogen and oxygen atoms in total. The summed E-state index contributed by atoms with van der Waals surface area (Å²) in [6.07, 6.45) is 2.47. The van der Waals surface area contributed by atoms with Crippen LogP contribution in [0.2, 0.25) is 0 Å². The fraction of sp³-hybridized carbons (Fsp3) is 0.444. The van der Waals surface area contributed by atoms with Gasteiger partial charge in [-0.2, -0.15) is 0 Å². The van der Waals surface area contributed by atoms with Crippen LogP contribution in [0.3, 0.4) is 0 Å². The average molecular weight is 869 g/mol. The van der Waals surface area contributed by atoms with Crippen LogP contribution >= 0.6 is 0 Å². The number of epoxide rings is 5. The molecule has 0 aromatic heterocycles. The van der Waals surface area contributed by atoms with E-state index < -0.39 is 0 Å². The van der Waals surface area contributed by atoms with Crippen LogP contribution in [0.25, 0.3) is 0 Å². The monoisotopic (exact) mass is 868 g/mol. The van der Waals surface area contributed by atoms with Crippen LogP contribution < -0.4 is 4.74 Å². The van der Waals surface area contributed by atoms with Crippen LogP contribution in [0.4, 0.5) is 0 Å². The first-order chi connectivity index (χ1) is 31.1. The van der Waals surface area contributed by atoms with Crippen LogP contribution in [0.5, 0.6) is 5.75 Å². The Hall–Kier alpha value is -4.46. The molecule has 0 spiro atoms. The van der Waals surface area contributed by atoms with Crippen molar-refractivity contribution in [1.29, 1.82) is 0 Å². The van der Waals surface area contributed by atoms with Gasteiger partial charge in [0.1, 0.15) is 44.9 Å². The number of rotatable bonds is 23. The third kappa shape index (κ3) is 11.7. The van der Waals surface area contributed by atoms with Gasteiger partial charge in [0.15, 0.2) is 25.2 Å². The largest absolute Gasteiger partial charge is 0.490 e. The number of hydrogen-bond acceptors (Lipinski definition) is 10. The maximum Gasteiger partial charge on any atom is 0.181 e. The Morgan fingerprint density at radius 1 is 0.375 bits per heavy atom. The highest BCUT2D eigenvalue weighted by molar-refractivity contribution is 5.51. The molecular weight excluding hydrogens is 809 g/mol. The van der Waals surface area contributed by atoms with Gasteiger partial charge in [-0.05, 0) is 127 Å². The summed E-state index contributed by atoms with van der Waals surface area (Å²) >= 11 is 0. The highest BCUT2D eigenvalue weighted by Gasteiger charge is 2.29. The Morgan fingerprint density at radius 3 is 1.12 bits per heavy atom. The number of benzene rings is 5. The molecule has 5 unspecified atom stereocenters. The molecule has 0 aliphatic carbocycles. The van der Waals surface area contributed by atoms with E-state index in [9.17, 15) is 0 Å². The van der Waals surface area contributed by atoms with E-state index in [4.69, 9.17) is 47.4 Å². The zero-order chi connectivity index (χ0) is 43.7. The van der Waals surface area contributed by atoms with Gasteiger partial charge in [-0.15, -0.1) is 0 Å². The summed E-state index contributed by atoms with van der Waals surface area (Å²) < 4.78 is 59.0. The predicted molar refractivity (Wildman–Crippen MR) is 240 cm³/mol. The molecule has 336 valence electrons. The van der Waals surface area contributed by atoms with Crippen molar-refractivity contribution in [2.24, 2.45) is 0 Å². The first-order valence-electron chi connectivity index (χ1n) is 22.8. The predicted octanol–water partition coefficient (Wildman–Crippen LogP) is 8.86. The van der Waals surface area contributed by atoms with E-state index in [0.29, 0.717) is 72.3 Å². The van der Waals surface area contributed by atoms with Crippen molar-refractivity contribution in [2.75, 3.05) is 39.6 Å². The average Bonchev–Trinajstić information content (AvgIpc) is 4.04. The zero-order valence-corrected chi connectivity index (χ0v) is 37.8. The Labute approximate surface area is 377 Å². The van der Waals surface area contributed by atoms with Gasteiger partial charge in [0.05, 0.1) is 33.0 Å². The molecule has 5 heterocycles. The van der Waals surface area contributed by atoms with Crippen LogP contribution in [-0.2, 0) is 94.7 Å². The van der Waals surface area contributed by atoms with E-state index in [-0.39, 0.29) is 31.3 Å². The highest BCUT2D eigenvalue weighted by atomic mass is 16.8. The molecule has 5 aromatic rings. The van der Waals surface area contributed by atoms with Gasteiger partial charge < -0.3 is 47.4 Å². The summed E-state index contributed by atoms with van der Waals surface area (Å²) in [6.45, 7) is 16.6. The van der Waals surface area contributed by atoms with Gasteiger partial charge in [-0.3, -0.25) is 0 Å². The van der Waals surface area contributed by atoms with Crippen LogP contribution in [0, 0.1) is 34.6 Å². The number of ether oxygens (including phenoxy) is 10. The molecule has 0 radical (unpaired) electrons. The summed E-state index contributed by atoms with van der Waals surface area (Å²) in [6, 6.07) is 27.1. The van der Waals surface area contributed by atoms with Gasteiger partial charge in [0.2, 0.25) is 0 Å². The van der Waals surface area contributed by atoms with Crippen molar-refractivity contribution < 1.29 is 47.4 Å². The third-order valence-electron chi connectivity index (χ3n) is 12.5. The molecule has 5 aliphatic heterocycles. The second-order valence-electron chi connectivity index (χ2n) is 18.3. The molecule has 0 N–H and O–H groups in total. The summed E-state index contributed by atoms with van der Waals surface area (Å²) in [7, 11) is 0. The first-order valence-corrected chi connectivity index (χ1v) is 22.8. The van der Waals surface area contributed by atoms with Crippen molar-refractivity contribution >= 4 is 0 Å². The number of aryl methyl sites for hydroxylation is 5. The van der Waals surface area contributed by atoms with Gasteiger partial charge >= 0.3 is 0 Å². The normalized spacial score (nSPS) is 21.5. The lowest BCUT2D eigenvalue weighted by Crippen LogP contribution is -2.12. The number of hydrogen-bond donors (Lipinski definition) is 0. The van der Waals surface area contributed by atoms with Crippen molar-refractivity contribution in [3.05, 3.63) is 167 Å². The fourth-order valence-corrected chi connectivity index (χ4v) is 8.89. The van der Waals surface area contributed by atoms with Crippen molar-refractivity contribution in [1.82, 2.24) is 0 Å². The van der Waals surface area contributed by atoms with Gasteiger partial charge in [-0.25, -0.2) is 0 Å². The molecule has 10 heteroatoms. The molecule has 64 heavy (non-hydrogen) atoms. The van der Waals surface area contributed by atoms with E-state index >= 15 is 0 Å². The minimum atomic E-state index is -0.181. The second kappa shape index (κ2) is 19.2. The maximum absolute atomic E-state index is 6.41. The van der Waals surface area contributed by atoms with Gasteiger partial charge in [-0.1, -0.05) is 94.5 Å². The molecule has 5 aromatic carbocycles. The summed E-state index contributed by atoms with van der Waals surface area (Å²) in [4.78, 5) is 0. The standard InChI is InChI=1S/C54H60O10/c1-32-6-8-37(22-57-51-28-61-51)38(10-32)18-39-12-34(3)13-40(47(39)25-58-52-29-62-52)19-41-14-35(4)15-42(48(41)26-59-53-30-63-53)20-43-16-36(5)17-44(49(43)27-60-54-31-64-54)21-45-11-33(2)7-9-50(45)56-24-46-23-55-46/h6-17,46,51-54H,18-31H2,1-5H3. The Balaban J connectivity index is 1.01. The third-order valence-corrected chi connectivity index (χ3v) is 12.5. The van der Waals surface area contributed by atoms with E-state index in [1.807, 2.05) is 0 Å². The van der Waals surface area contributed by atoms with Gasteiger partial charge in [0.25, 0.3) is 0 Å². The van der Waals surface area contributed by atoms with E-state index in [1.165, 1.54) is 89.0 Å². The lowest BCUT2D eigenvalue weighted by Gasteiger charge is -2.22. The molecule has 0 saturated carbocycles. The SMILES string of the molecule is Cc1ccc(COC2CO2)c(Cc2cc(C)cc(Cc3cc(C)cc(Cc4cc(C)cc(Cc5cc(C)ccc5OCC5CO5)c4COC4CO4)c3COC3CO3)c2COC2CO2)c1. The summed E-state index contributed by atoms with van der Waals surface area (Å²) in [5, 5.41) is 0. The molecule has 5 saturated heterocycles. The van der Waals surface area contributed by atoms with Crippen LogP contribution in [0.1, 0.15) is 94.6 Å². The first kappa shape index (κ1) is 43.4. The Kier molecular flexibility index (Phi) is 13.0. The Bertz CT molecular complexity index is 2320. The van der Waals surface area contributed by atoms with Gasteiger partial charge in [0, 0.05) is 6.42 Å². The molecule has 10 rings (SSSR count). The van der Waals surface area contributed by atoms with Crippen molar-refractivity contribution in [3.8, 4) is 5.75 Å². The smallest absolute Gasteiger partial charge is 0.181 e. The van der Waals surface area contributed by atoms with Crippen molar-refractivity contribution in [3.63, 3.8) is 0 Å². The summed E-state index contributed by atoms with van der Waals surface area (Å²) in [5.74, 6) is 0.900. The van der Waals surface area contributed by atoms with Crippen LogP contribution in [-0.4, -0.2) is 70.9 Å². The molecule has 5 aliphatic rings. The lowest BCUT2D eigenvalue weighted by molar-refractivity contribution is 0.0376. The quantitative estimate of drug-likeness (QED) is 0.0591. The van der Waals surface area contributed by atoms with E-state index in [1.54, 1.807) is 0 Å². The fourth-order valence-electron chi connectivity index (χ4n) is 8.89. The van der Waals surface area contributed by atoms with E-state index in [2.05, 4.69) is 107 Å². The van der Waals surface area contributed by atoms with Crippen LogP contribution in [0.15, 0.2) is 72.8 Å². The minimum absolute atomic E-state index is 0.101. The molecule has 0 bridgehead atoms. The Morgan fingerprint density at radius 2 is 0.719 bits per heavy atom. The molecule has 0 amide bonds. The summed E-state index contributed by atoms with van der Waals surface area (Å²) in [5.41, 5.74) is 20.7. The second-order valence-corrected chi connectivity index (χ2v) is 18.3. The molecular formula is C54H60O10. The topological polar surface area (TPSA) is 109 Å². The van der Waals surface area contributed by atoms with E-state index in [0.717, 1.165) is 30.8 Å². The molecule has 5 fully saturated rings. The highest BCUT2D eigenvalue weighted by Crippen LogP contribution is 2.34. The van der Waals surface area contributed by atoms with Crippen molar-refractivity contribution in [2.45, 2.75) is 118 Å². The lowest BCUT2D eigenvalue weighted by atomic mass is 9.85. The molecule has 5 atom stereocenters.